The van der Waals surface area contributed by atoms with Gasteiger partial charge >= 0.3 is 6.18 Å². The van der Waals surface area contributed by atoms with Crippen molar-refractivity contribution in [2.45, 2.75) is 11.1 Å². The van der Waals surface area contributed by atoms with Crippen LogP contribution in [0.5, 0.6) is 5.75 Å². The fourth-order valence-corrected chi connectivity index (χ4v) is 3.93. The first-order valence-corrected chi connectivity index (χ1v) is 8.10. The molecule has 0 unspecified atom stereocenters. The van der Waals surface area contributed by atoms with Gasteiger partial charge in [0.05, 0.1) is 13.7 Å². The van der Waals surface area contributed by atoms with Crippen molar-refractivity contribution in [2.24, 2.45) is 0 Å². The standard InChI is InChI=1S/C13H17F3N2O3S/c1-21-11-4-2-3-5-12(11)22(19,20)18-8-6-17(7-9-18)10-13(14,15)16/h2-5H,6-10H2,1H3. The van der Waals surface area contributed by atoms with Crippen molar-refractivity contribution >= 4 is 10.0 Å². The van der Waals surface area contributed by atoms with Gasteiger partial charge < -0.3 is 4.74 Å². The van der Waals surface area contributed by atoms with E-state index in [1.165, 1.54) is 28.4 Å². The van der Waals surface area contributed by atoms with E-state index in [0.717, 1.165) is 0 Å². The second-order valence-electron chi connectivity index (χ2n) is 4.95. The number of piperazine rings is 1. The monoisotopic (exact) mass is 338 g/mol. The summed E-state index contributed by atoms with van der Waals surface area (Å²) in [6.07, 6.45) is -4.27. The second-order valence-corrected chi connectivity index (χ2v) is 6.85. The summed E-state index contributed by atoms with van der Waals surface area (Å²) in [6.45, 7) is -0.871. The number of ether oxygens (including phenoxy) is 1. The van der Waals surface area contributed by atoms with Gasteiger partial charge in [-0.05, 0) is 12.1 Å². The average molecular weight is 338 g/mol. The summed E-state index contributed by atoms with van der Waals surface area (Å²) in [5.74, 6) is 0.222. The Labute approximate surface area is 127 Å². The molecule has 0 amide bonds. The van der Waals surface area contributed by atoms with Crippen LogP contribution in [0.15, 0.2) is 29.2 Å². The van der Waals surface area contributed by atoms with Gasteiger partial charge in [0.25, 0.3) is 0 Å². The van der Waals surface area contributed by atoms with Gasteiger partial charge in [-0.2, -0.15) is 17.5 Å². The number of halogens is 3. The van der Waals surface area contributed by atoms with E-state index in [2.05, 4.69) is 0 Å². The highest BCUT2D eigenvalue weighted by molar-refractivity contribution is 7.89. The molecule has 124 valence electrons. The summed E-state index contributed by atoms with van der Waals surface area (Å²) < 4.78 is 68.4. The molecule has 2 rings (SSSR count). The molecule has 1 heterocycles. The summed E-state index contributed by atoms with van der Waals surface area (Å²) in [4.78, 5) is 1.23. The lowest BCUT2D eigenvalue weighted by Crippen LogP contribution is -2.50. The molecular weight excluding hydrogens is 321 g/mol. The van der Waals surface area contributed by atoms with Crippen molar-refractivity contribution in [3.05, 3.63) is 24.3 Å². The molecule has 1 fully saturated rings. The molecule has 0 bridgehead atoms. The Bertz CT molecular complexity index is 611. The van der Waals surface area contributed by atoms with Crippen molar-refractivity contribution in [3.63, 3.8) is 0 Å². The van der Waals surface area contributed by atoms with Crippen molar-refractivity contribution in [3.8, 4) is 5.75 Å². The van der Waals surface area contributed by atoms with E-state index in [-0.39, 0.29) is 36.8 Å². The topological polar surface area (TPSA) is 49.9 Å². The third-order valence-corrected chi connectivity index (χ3v) is 5.36. The number of hydrogen-bond acceptors (Lipinski definition) is 4. The number of hydrogen-bond donors (Lipinski definition) is 0. The van der Waals surface area contributed by atoms with Gasteiger partial charge in [-0.3, -0.25) is 4.90 Å². The molecular formula is C13H17F3N2O3S. The number of sulfonamides is 1. The molecule has 1 saturated heterocycles. The molecule has 0 aliphatic carbocycles. The predicted octanol–water partition coefficient (Wildman–Crippen LogP) is 1.56. The van der Waals surface area contributed by atoms with Crippen LogP contribution in [0.3, 0.4) is 0 Å². The Balaban J connectivity index is 2.10. The summed E-state index contributed by atoms with van der Waals surface area (Å²) in [6, 6.07) is 6.19. The lowest BCUT2D eigenvalue weighted by molar-refractivity contribution is -0.148. The lowest BCUT2D eigenvalue weighted by Gasteiger charge is -2.34. The molecule has 0 N–H and O–H groups in total. The average Bonchev–Trinajstić information content (AvgIpc) is 2.46. The molecule has 0 spiro atoms. The van der Waals surface area contributed by atoms with Crippen molar-refractivity contribution in [1.82, 2.24) is 9.21 Å². The first-order valence-electron chi connectivity index (χ1n) is 6.66. The molecule has 0 aromatic heterocycles. The molecule has 0 radical (unpaired) electrons. The smallest absolute Gasteiger partial charge is 0.401 e. The third-order valence-electron chi connectivity index (χ3n) is 3.42. The third kappa shape index (κ3) is 3.90. The summed E-state index contributed by atoms with van der Waals surface area (Å²) >= 11 is 0. The maximum absolute atomic E-state index is 12.6. The van der Waals surface area contributed by atoms with Gasteiger partial charge in [-0.25, -0.2) is 8.42 Å². The Morgan fingerprint density at radius 2 is 1.73 bits per heavy atom. The number of alkyl halides is 3. The van der Waals surface area contributed by atoms with Gasteiger partial charge in [0.1, 0.15) is 10.6 Å². The molecule has 0 atom stereocenters. The first-order chi connectivity index (χ1) is 10.2. The van der Waals surface area contributed by atoms with Crippen LogP contribution in [-0.2, 0) is 10.0 Å². The zero-order valence-corrected chi connectivity index (χ0v) is 12.8. The van der Waals surface area contributed by atoms with E-state index < -0.39 is 22.7 Å². The number of rotatable bonds is 4. The molecule has 0 saturated carbocycles. The van der Waals surface area contributed by atoms with Crippen LogP contribution in [-0.4, -0.2) is 63.6 Å². The Morgan fingerprint density at radius 3 is 2.27 bits per heavy atom. The number of methoxy groups -OCH3 is 1. The van der Waals surface area contributed by atoms with Gasteiger partial charge in [-0.15, -0.1) is 0 Å². The normalized spacial score (nSPS) is 18.4. The number of benzene rings is 1. The minimum Gasteiger partial charge on any atom is -0.495 e. The van der Waals surface area contributed by atoms with E-state index in [9.17, 15) is 21.6 Å². The summed E-state index contributed by atoms with van der Waals surface area (Å²) in [5.41, 5.74) is 0. The fraction of sp³-hybridized carbons (Fsp3) is 0.538. The van der Waals surface area contributed by atoms with Crippen LogP contribution in [0.2, 0.25) is 0 Å². The van der Waals surface area contributed by atoms with Crippen molar-refractivity contribution in [2.75, 3.05) is 39.8 Å². The summed E-state index contributed by atoms with van der Waals surface area (Å²) in [5, 5.41) is 0. The van der Waals surface area contributed by atoms with E-state index in [1.54, 1.807) is 12.1 Å². The Kier molecular flexibility index (Phi) is 4.98. The minimum atomic E-state index is -4.27. The highest BCUT2D eigenvalue weighted by Gasteiger charge is 2.35. The maximum atomic E-state index is 12.6. The number of nitrogens with zero attached hydrogens (tertiary/aromatic N) is 2. The van der Waals surface area contributed by atoms with Crippen LogP contribution >= 0.6 is 0 Å². The van der Waals surface area contributed by atoms with E-state index in [1.807, 2.05) is 0 Å². The van der Waals surface area contributed by atoms with Crippen LogP contribution in [0.4, 0.5) is 13.2 Å². The zero-order chi connectivity index (χ0) is 16.4. The minimum absolute atomic E-state index is 0.0243. The van der Waals surface area contributed by atoms with Gasteiger partial charge in [0, 0.05) is 26.2 Å². The zero-order valence-electron chi connectivity index (χ0n) is 12.0. The quantitative estimate of drug-likeness (QED) is 0.836. The fourth-order valence-electron chi connectivity index (χ4n) is 2.35. The van der Waals surface area contributed by atoms with Crippen LogP contribution in [0.1, 0.15) is 0 Å². The van der Waals surface area contributed by atoms with Crippen molar-refractivity contribution < 1.29 is 26.3 Å². The molecule has 1 aliphatic rings. The Hall–Kier alpha value is -1.32. The molecule has 22 heavy (non-hydrogen) atoms. The SMILES string of the molecule is COc1ccccc1S(=O)(=O)N1CCN(CC(F)(F)F)CC1. The predicted molar refractivity (Wildman–Crippen MR) is 74.2 cm³/mol. The molecule has 9 heteroatoms. The van der Waals surface area contributed by atoms with Crippen LogP contribution in [0.25, 0.3) is 0 Å². The first kappa shape index (κ1) is 17.0. The van der Waals surface area contributed by atoms with E-state index in [0.29, 0.717) is 0 Å². The van der Waals surface area contributed by atoms with Gasteiger partial charge in [0.2, 0.25) is 10.0 Å². The Morgan fingerprint density at radius 1 is 1.14 bits per heavy atom. The second kappa shape index (κ2) is 6.43. The lowest BCUT2D eigenvalue weighted by atomic mass is 10.3. The van der Waals surface area contributed by atoms with Crippen LogP contribution < -0.4 is 4.74 Å². The van der Waals surface area contributed by atoms with E-state index in [4.69, 9.17) is 4.74 Å². The number of para-hydroxylation sites is 1. The maximum Gasteiger partial charge on any atom is 0.401 e. The highest BCUT2D eigenvalue weighted by Crippen LogP contribution is 2.27. The molecule has 1 aliphatic heterocycles. The van der Waals surface area contributed by atoms with Crippen molar-refractivity contribution in [1.29, 1.82) is 0 Å². The van der Waals surface area contributed by atoms with Gasteiger partial charge in [-0.1, -0.05) is 12.1 Å². The largest absolute Gasteiger partial charge is 0.495 e. The molecule has 5 nitrogen and oxygen atoms in total. The molecule has 1 aromatic rings. The van der Waals surface area contributed by atoms with Crippen LogP contribution in [0, 0.1) is 0 Å². The highest BCUT2D eigenvalue weighted by atomic mass is 32.2. The molecule has 1 aromatic carbocycles. The van der Waals surface area contributed by atoms with E-state index >= 15 is 0 Å². The van der Waals surface area contributed by atoms with Gasteiger partial charge in [0.15, 0.2) is 0 Å². The summed E-state index contributed by atoms with van der Waals surface area (Å²) in [7, 11) is -2.40.